The van der Waals surface area contributed by atoms with Crippen molar-refractivity contribution in [1.82, 2.24) is 9.88 Å². The van der Waals surface area contributed by atoms with Crippen molar-refractivity contribution in [2.75, 3.05) is 47.1 Å². The van der Waals surface area contributed by atoms with Crippen molar-refractivity contribution in [3.63, 3.8) is 0 Å². The van der Waals surface area contributed by atoms with Crippen molar-refractivity contribution in [2.24, 2.45) is 5.73 Å². The smallest absolute Gasteiger partial charge is 0.0589 e. The molecule has 1 rings (SSSR count). The molecule has 114 valence electrons. The van der Waals surface area contributed by atoms with Gasteiger partial charge in [-0.2, -0.15) is 0 Å². The molecule has 20 heavy (non-hydrogen) atoms. The second kappa shape index (κ2) is 9.83. The summed E-state index contributed by atoms with van der Waals surface area (Å²) in [4.78, 5) is 6.71. The number of ether oxygens (including phenoxy) is 2. The molecule has 0 amide bonds. The quantitative estimate of drug-likeness (QED) is 0.656. The van der Waals surface area contributed by atoms with E-state index in [0.717, 1.165) is 37.4 Å². The average molecular weight is 281 g/mol. The Labute approximate surface area is 122 Å². The summed E-state index contributed by atoms with van der Waals surface area (Å²) in [6, 6.07) is 4.31. The van der Waals surface area contributed by atoms with Gasteiger partial charge in [-0.1, -0.05) is 6.07 Å². The predicted molar refractivity (Wildman–Crippen MR) is 80.7 cm³/mol. The first-order valence-electron chi connectivity index (χ1n) is 7.07. The largest absolute Gasteiger partial charge is 0.385 e. The van der Waals surface area contributed by atoms with Crippen molar-refractivity contribution in [3.05, 3.63) is 29.6 Å². The molecule has 1 aromatic rings. The number of nitrogens with zero attached hydrogens (tertiary/aromatic N) is 2. The Morgan fingerprint density at radius 2 is 1.95 bits per heavy atom. The summed E-state index contributed by atoms with van der Waals surface area (Å²) >= 11 is 0. The number of aryl methyl sites for hydroxylation is 1. The molecule has 0 aliphatic heterocycles. The first-order valence-corrected chi connectivity index (χ1v) is 7.07. The van der Waals surface area contributed by atoms with E-state index < -0.39 is 0 Å². The van der Waals surface area contributed by atoms with E-state index in [2.05, 4.69) is 16.0 Å². The Bertz CT molecular complexity index is 357. The molecule has 0 radical (unpaired) electrons. The maximum atomic E-state index is 5.98. The van der Waals surface area contributed by atoms with Crippen LogP contribution in [0.2, 0.25) is 0 Å². The fraction of sp³-hybridized carbons (Fsp3) is 0.667. The van der Waals surface area contributed by atoms with Crippen LogP contribution in [0, 0.1) is 6.92 Å². The van der Waals surface area contributed by atoms with Gasteiger partial charge in [0.1, 0.15) is 0 Å². The normalized spacial score (nSPS) is 12.8. The third-order valence-electron chi connectivity index (χ3n) is 3.36. The molecule has 0 spiro atoms. The SMILES string of the molecule is COCCCN(CCOC)C(CN)c1ccc(C)nc1. The number of rotatable bonds is 10. The zero-order valence-electron chi connectivity index (χ0n) is 12.8. The van der Waals surface area contributed by atoms with Crippen molar-refractivity contribution < 1.29 is 9.47 Å². The maximum absolute atomic E-state index is 5.98. The summed E-state index contributed by atoms with van der Waals surface area (Å²) < 4.78 is 10.3. The molecule has 1 aromatic heterocycles. The van der Waals surface area contributed by atoms with Crippen LogP contribution in [0.25, 0.3) is 0 Å². The van der Waals surface area contributed by atoms with Crippen LogP contribution >= 0.6 is 0 Å². The van der Waals surface area contributed by atoms with Gasteiger partial charge in [0.25, 0.3) is 0 Å². The standard InChI is InChI=1S/C15H27N3O2/c1-13-5-6-14(12-17-13)15(11-16)18(8-10-20-3)7-4-9-19-2/h5-6,12,15H,4,7-11,16H2,1-3H3. The first kappa shape index (κ1) is 17.0. The van der Waals surface area contributed by atoms with E-state index in [1.165, 1.54) is 0 Å². The van der Waals surface area contributed by atoms with E-state index in [9.17, 15) is 0 Å². The molecule has 1 unspecified atom stereocenters. The Hall–Kier alpha value is -1.01. The third-order valence-corrected chi connectivity index (χ3v) is 3.36. The van der Waals surface area contributed by atoms with Gasteiger partial charge in [0.2, 0.25) is 0 Å². The van der Waals surface area contributed by atoms with Crippen molar-refractivity contribution in [3.8, 4) is 0 Å². The van der Waals surface area contributed by atoms with Gasteiger partial charge in [0.15, 0.2) is 0 Å². The summed E-state index contributed by atoms with van der Waals surface area (Å²) in [7, 11) is 3.45. The first-order chi connectivity index (χ1) is 9.72. The molecule has 5 nitrogen and oxygen atoms in total. The third kappa shape index (κ3) is 5.54. The van der Waals surface area contributed by atoms with Crippen LogP contribution in [0.5, 0.6) is 0 Å². The Balaban J connectivity index is 2.74. The molecule has 0 saturated heterocycles. The topological polar surface area (TPSA) is 60.6 Å². The lowest BCUT2D eigenvalue weighted by Gasteiger charge is -2.31. The zero-order chi connectivity index (χ0) is 14.8. The molecule has 0 aromatic carbocycles. The van der Waals surface area contributed by atoms with E-state index in [0.29, 0.717) is 13.2 Å². The molecule has 0 aliphatic rings. The predicted octanol–water partition coefficient (Wildman–Crippen LogP) is 1.37. The lowest BCUT2D eigenvalue weighted by Crippen LogP contribution is -2.37. The van der Waals surface area contributed by atoms with Gasteiger partial charge in [0, 0.05) is 58.4 Å². The van der Waals surface area contributed by atoms with E-state index in [1.54, 1.807) is 14.2 Å². The van der Waals surface area contributed by atoms with Crippen LogP contribution < -0.4 is 5.73 Å². The Morgan fingerprint density at radius 1 is 1.20 bits per heavy atom. The fourth-order valence-electron chi connectivity index (χ4n) is 2.22. The second-order valence-corrected chi connectivity index (χ2v) is 4.86. The maximum Gasteiger partial charge on any atom is 0.0589 e. The number of hydrogen-bond acceptors (Lipinski definition) is 5. The van der Waals surface area contributed by atoms with Crippen molar-refractivity contribution in [2.45, 2.75) is 19.4 Å². The summed E-state index contributed by atoms with van der Waals surface area (Å²) in [5.41, 5.74) is 8.16. The number of methoxy groups -OCH3 is 2. The minimum Gasteiger partial charge on any atom is -0.385 e. The Kier molecular flexibility index (Phi) is 8.37. The summed E-state index contributed by atoms with van der Waals surface area (Å²) in [5, 5.41) is 0. The molecule has 0 fully saturated rings. The highest BCUT2D eigenvalue weighted by Gasteiger charge is 2.18. The van der Waals surface area contributed by atoms with Crippen molar-refractivity contribution in [1.29, 1.82) is 0 Å². The molecule has 0 bridgehead atoms. The van der Waals surface area contributed by atoms with Gasteiger partial charge in [-0.05, 0) is 25.0 Å². The molecular weight excluding hydrogens is 254 g/mol. The highest BCUT2D eigenvalue weighted by Crippen LogP contribution is 2.19. The van der Waals surface area contributed by atoms with Gasteiger partial charge in [-0.15, -0.1) is 0 Å². The monoisotopic (exact) mass is 281 g/mol. The summed E-state index contributed by atoms with van der Waals surface area (Å²) in [6.45, 7) is 5.81. The average Bonchev–Trinajstić information content (AvgIpc) is 2.47. The fourth-order valence-corrected chi connectivity index (χ4v) is 2.22. The van der Waals surface area contributed by atoms with E-state index in [1.807, 2.05) is 19.2 Å². The van der Waals surface area contributed by atoms with Crippen LogP contribution in [-0.4, -0.2) is 57.0 Å². The van der Waals surface area contributed by atoms with Crippen LogP contribution in [-0.2, 0) is 9.47 Å². The lowest BCUT2D eigenvalue weighted by molar-refractivity contribution is 0.108. The molecule has 1 heterocycles. The highest BCUT2D eigenvalue weighted by molar-refractivity contribution is 5.17. The van der Waals surface area contributed by atoms with Crippen LogP contribution in [0.1, 0.15) is 23.7 Å². The molecule has 0 aliphatic carbocycles. The molecule has 1 atom stereocenters. The minimum atomic E-state index is 0.176. The van der Waals surface area contributed by atoms with Gasteiger partial charge in [-0.3, -0.25) is 9.88 Å². The number of pyridine rings is 1. The number of hydrogen-bond donors (Lipinski definition) is 1. The zero-order valence-corrected chi connectivity index (χ0v) is 12.8. The van der Waals surface area contributed by atoms with Gasteiger partial charge in [-0.25, -0.2) is 0 Å². The van der Waals surface area contributed by atoms with Crippen LogP contribution in [0.4, 0.5) is 0 Å². The van der Waals surface area contributed by atoms with Gasteiger partial charge in [0.05, 0.1) is 6.61 Å². The number of nitrogens with two attached hydrogens (primary N) is 1. The molecular formula is C15H27N3O2. The van der Waals surface area contributed by atoms with Gasteiger partial charge >= 0.3 is 0 Å². The van der Waals surface area contributed by atoms with Crippen LogP contribution in [0.3, 0.4) is 0 Å². The second-order valence-electron chi connectivity index (χ2n) is 4.86. The summed E-state index contributed by atoms with van der Waals surface area (Å²) in [5.74, 6) is 0. The van der Waals surface area contributed by atoms with E-state index in [4.69, 9.17) is 15.2 Å². The van der Waals surface area contributed by atoms with E-state index in [-0.39, 0.29) is 6.04 Å². The summed E-state index contributed by atoms with van der Waals surface area (Å²) in [6.07, 6.45) is 2.90. The molecule has 0 saturated carbocycles. The van der Waals surface area contributed by atoms with Crippen molar-refractivity contribution >= 4 is 0 Å². The van der Waals surface area contributed by atoms with E-state index >= 15 is 0 Å². The Morgan fingerprint density at radius 3 is 2.50 bits per heavy atom. The number of aromatic nitrogens is 1. The molecule has 2 N–H and O–H groups in total. The molecule has 5 heteroatoms. The van der Waals surface area contributed by atoms with Gasteiger partial charge < -0.3 is 15.2 Å². The highest BCUT2D eigenvalue weighted by atomic mass is 16.5. The van der Waals surface area contributed by atoms with Crippen LogP contribution in [0.15, 0.2) is 18.3 Å². The minimum absolute atomic E-state index is 0.176. The lowest BCUT2D eigenvalue weighted by atomic mass is 10.1.